The lowest BCUT2D eigenvalue weighted by Gasteiger charge is -2.30. The van der Waals surface area contributed by atoms with Crippen LogP contribution >= 0.6 is 0 Å². The monoisotopic (exact) mass is 360 g/mol. The standard InChI is InChI=1S/C15H19F3N4O3/c1-7(4-19)21-12(24)11-10-8(14(10,2)3)6-22(11)9(23)5-20-13(25)15(16,17)18/h7-8,10-11H,5-6H2,1-3H3,(H,20,25)(H,21,24)/t7?,8?,10?,11-/m0/s1. The van der Waals surface area contributed by atoms with E-state index in [0.29, 0.717) is 0 Å². The highest BCUT2D eigenvalue weighted by Gasteiger charge is 2.69. The number of nitrogens with one attached hydrogen (secondary N) is 2. The number of likely N-dealkylation sites (tertiary alicyclic amines) is 1. The van der Waals surface area contributed by atoms with Gasteiger partial charge < -0.3 is 15.5 Å². The number of halogens is 3. The van der Waals surface area contributed by atoms with Crippen LogP contribution in [0.15, 0.2) is 0 Å². The van der Waals surface area contributed by atoms with Crippen LogP contribution in [0.5, 0.6) is 0 Å². The molecule has 0 aromatic carbocycles. The van der Waals surface area contributed by atoms with Gasteiger partial charge in [0.05, 0.1) is 12.6 Å². The largest absolute Gasteiger partial charge is 0.471 e. The molecule has 1 heterocycles. The van der Waals surface area contributed by atoms with Crippen molar-refractivity contribution in [3.8, 4) is 6.07 Å². The molecule has 0 bridgehead atoms. The molecule has 1 aliphatic carbocycles. The topological polar surface area (TPSA) is 102 Å². The first kappa shape index (κ1) is 19.0. The van der Waals surface area contributed by atoms with Crippen molar-refractivity contribution in [2.24, 2.45) is 17.3 Å². The van der Waals surface area contributed by atoms with Gasteiger partial charge in [-0.2, -0.15) is 18.4 Å². The lowest BCUT2D eigenvalue weighted by Crippen LogP contribution is -2.54. The summed E-state index contributed by atoms with van der Waals surface area (Å²) in [5.74, 6) is -3.54. The van der Waals surface area contributed by atoms with Crippen molar-refractivity contribution in [3.05, 3.63) is 0 Å². The molecule has 0 spiro atoms. The van der Waals surface area contributed by atoms with Crippen LogP contribution in [0.1, 0.15) is 20.8 Å². The fourth-order valence-corrected chi connectivity index (χ4v) is 3.53. The maximum Gasteiger partial charge on any atom is 0.471 e. The van der Waals surface area contributed by atoms with Crippen molar-refractivity contribution >= 4 is 17.7 Å². The van der Waals surface area contributed by atoms with Gasteiger partial charge in [-0.05, 0) is 24.2 Å². The molecule has 1 saturated heterocycles. The molecule has 3 unspecified atom stereocenters. The van der Waals surface area contributed by atoms with Crippen LogP contribution in [0.2, 0.25) is 0 Å². The maximum absolute atomic E-state index is 12.4. The first-order valence-electron chi connectivity index (χ1n) is 7.75. The number of nitriles is 1. The molecule has 2 N–H and O–H groups in total. The Kier molecular flexibility index (Phi) is 4.72. The van der Waals surface area contributed by atoms with Crippen LogP contribution in [0, 0.1) is 28.6 Å². The average molecular weight is 360 g/mol. The fraction of sp³-hybridized carbons (Fsp3) is 0.733. The molecule has 4 atom stereocenters. The third-order valence-electron chi connectivity index (χ3n) is 5.01. The van der Waals surface area contributed by atoms with Crippen molar-refractivity contribution in [3.63, 3.8) is 0 Å². The van der Waals surface area contributed by atoms with E-state index >= 15 is 0 Å². The summed E-state index contributed by atoms with van der Waals surface area (Å²) < 4.78 is 36.6. The quantitative estimate of drug-likeness (QED) is 0.746. The molecule has 2 rings (SSSR count). The molecular weight excluding hydrogens is 341 g/mol. The van der Waals surface area contributed by atoms with Gasteiger partial charge >= 0.3 is 12.1 Å². The normalized spacial score (nSPS) is 27.7. The molecule has 7 nitrogen and oxygen atoms in total. The van der Waals surface area contributed by atoms with Gasteiger partial charge in [-0.1, -0.05) is 13.8 Å². The van der Waals surface area contributed by atoms with Crippen LogP contribution in [-0.4, -0.2) is 54.0 Å². The van der Waals surface area contributed by atoms with Crippen LogP contribution in [0.4, 0.5) is 13.2 Å². The van der Waals surface area contributed by atoms with E-state index in [2.05, 4.69) is 5.32 Å². The van der Waals surface area contributed by atoms with E-state index in [1.807, 2.05) is 19.9 Å². The molecule has 3 amide bonds. The van der Waals surface area contributed by atoms with Crippen LogP contribution in [0.25, 0.3) is 0 Å². The summed E-state index contributed by atoms with van der Waals surface area (Å²) in [6.45, 7) is 4.78. The zero-order valence-electron chi connectivity index (χ0n) is 14.0. The second-order valence-corrected chi connectivity index (χ2v) is 6.98. The molecule has 138 valence electrons. The molecule has 0 radical (unpaired) electrons. The van der Waals surface area contributed by atoms with E-state index in [4.69, 9.17) is 5.26 Å². The number of fused-ring (bicyclic) bond motifs is 1. The summed E-state index contributed by atoms with van der Waals surface area (Å²) in [4.78, 5) is 36.7. The van der Waals surface area contributed by atoms with E-state index in [9.17, 15) is 27.6 Å². The zero-order valence-corrected chi connectivity index (χ0v) is 14.0. The highest BCUT2D eigenvalue weighted by molar-refractivity contribution is 5.92. The van der Waals surface area contributed by atoms with E-state index in [0.717, 1.165) is 0 Å². The van der Waals surface area contributed by atoms with E-state index < -0.39 is 42.5 Å². The van der Waals surface area contributed by atoms with Gasteiger partial charge in [0.2, 0.25) is 11.8 Å². The van der Waals surface area contributed by atoms with Gasteiger partial charge in [-0.25, -0.2) is 0 Å². The first-order chi connectivity index (χ1) is 11.4. The smallest absolute Gasteiger partial charge is 0.339 e. The number of carbonyl (C=O) groups is 3. The van der Waals surface area contributed by atoms with Gasteiger partial charge in [0.1, 0.15) is 12.1 Å². The minimum atomic E-state index is -5.07. The van der Waals surface area contributed by atoms with Crippen LogP contribution in [-0.2, 0) is 14.4 Å². The molecule has 2 fully saturated rings. The number of alkyl halides is 3. The summed E-state index contributed by atoms with van der Waals surface area (Å²) >= 11 is 0. The van der Waals surface area contributed by atoms with Crippen LogP contribution < -0.4 is 10.6 Å². The molecule has 0 aromatic heterocycles. The molecule has 1 saturated carbocycles. The molecule has 2 aliphatic rings. The minimum absolute atomic E-state index is 0.0582. The zero-order chi connectivity index (χ0) is 19.2. The Balaban J connectivity index is 2.06. The number of nitrogens with zero attached hydrogens (tertiary/aromatic N) is 2. The lowest BCUT2D eigenvalue weighted by atomic mass is 10.00. The molecule has 10 heteroatoms. The summed E-state index contributed by atoms with van der Waals surface area (Å²) in [6.07, 6.45) is -5.07. The SMILES string of the molecule is CC(C#N)NC(=O)[C@@H]1C2C(CN1C(=O)CNC(=O)C(F)(F)F)C2(C)C. The number of amides is 3. The molecule has 1 aliphatic heterocycles. The predicted molar refractivity (Wildman–Crippen MR) is 78.5 cm³/mol. The molecule has 0 aromatic rings. The fourth-order valence-electron chi connectivity index (χ4n) is 3.53. The Bertz CT molecular complexity index is 641. The summed E-state index contributed by atoms with van der Waals surface area (Å²) in [5.41, 5.74) is -0.163. The van der Waals surface area contributed by atoms with Crippen molar-refractivity contribution in [2.45, 2.75) is 39.0 Å². The van der Waals surface area contributed by atoms with Gasteiger partial charge in [-0.15, -0.1) is 0 Å². The summed E-state index contributed by atoms with van der Waals surface area (Å²) in [5, 5.41) is 12.8. The number of hydrogen-bond acceptors (Lipinski definition) is 4. The predicted octanol–water partition coefficient (Wildman–Crippen LogP) is 0.176. The van der Waals surface area contributed by atoms with Gasteiger partial charge in [0.25, 0.3) is 0 Å². The van der Waals surface area contributed by atoms with Crippen molar-refractivity contribution in [1.82, 2.24) is 15.5 Å². The number of carbonyl (C=O) groups excluding carboxylic acids is 3. The van der Waals surface area contributed by atoms with Crippen LogP contribution in [0.3, 0.4) is 0 Å². The molecular formula is C15H19F3N4O3. The van der Waals surface area contributed by atoms with Crippen molar-refractivity contribution in [2.75, 3.05) is 13.1 Å². The van der Waals surface area contributed by atoms with E-state index in [1.54, 1.807) is 0 Å². The third kappa shape index (κ3) is 3.55. The van der Waals surface area contributed by atoms with Crippen molar-refractivity contribution in [1.29, 1.82) is 5.26 Å². The second kappa shape index (κ2) is 6.20. The average Bonchev–Trinajstić information content (AvgIpc) is 2.88. The van der Waals surface area contributed by atoms with Gasteiger partial charge in [0.15, 0.2) is 0 Å². The second-order valence-electron chi connectivity index (χ2n) is 6.98. The first-order valence-corrected chi connectivity index (χ1v) is 7.75. The Labute approximate surface area is 142 Å². The minimum Gasteiger partial charge on any atom is -0.339 e. The lowest BCUT2D eigenvalue weighted by molar-refractivity contribution is -0.174. The highest BCUT2D eigenvalue weighted by Crippen LogP contribution is 2.64. The van der Waals surface area contributed by atoms with Gasteiger partial charge in [-0.3, -0.25) is 14.4 Å². The third-order valence-corrected chi connectivity index (χ3v) is 5.01. The summed E-state index contributed by atoms with van der Waals surface area (Å²) in [6, 6.07) is 0.242. The Morgan fingerprint density at radius 1 is 1.36 bits per heavy atom. The van der Waals surface area contributed by atoms with Crippen molar-refractivity contribution < 1.29 is 27.6 Å². The Morgan fingerprint density at radius 3 is 2.48 bits per heavy atom. The highest BCUT2D eigenvalue weighted by atomic mass is 19.4. The Hall–Kier alpha value is -2.31. The maximum atomic E-state index is 12.4. The number of piperidine rings is 1. The van der Waals surface area contributed by atoms with E-state index in [-0.39, 0.29) is 23.8 Å². The number of hydrogen-bond donors (Lipinski definition) is 2. The van der Waals surface area contributed by atoms with Gasteiger partial charge in [0, 0.05) is 6.54 Å². The van der Waals surface area contributed by atoms with E-state index in [1.165, 1.54) is 17.1 Å². The Morgan fingerprint density at radius 2 is 1.96 bits per heavy atom. The number of rotatable bonds is 4. The molecule has 25 heavy (non-hydrogen) atoms. The summed E-state index contributed by atoms with van der Waals surface area (Å²) in [7, 11) is 0.